The summed E-state index contributed by atoms with van der Waals surface area (Å²) in [4.78, 5) is 19.3. The van der Waals surface area contributed by atoms with Crippen LogP contribution in [0.25, 0.3) is 0 Å². The van der Waals surface area contributed by atoms with Crippen LogP contribution in [0.3, 0.4) is 0 Å². The number of aliphatic imine (C=N–C) groups is 1. The number of benzene rings is 2. The van der Waals surface area contributed by atoms with Crippen LogP contribution in [0.5, 0.6) is 0 Å². The van der Waals surface area contributed by atoms with Gasteiger partial charge in [0.15, 0.2) is 5.78 Å². The van der Waals surface area contributed by atoms with Gasteiger partial charge in [-0.15, -0.1) is 0 Å². The van der Waals surface area contributed by atoms with Gasteiger partial charge in [-0.1, -0.05) is 41.4 Å². The van der Waals surface area contributed by atoms with Crippen LogP contribution in [0, 0.1) is 0 Å². The lowest BCUT2D eigenvalue weighted by Crippen LogP contribution is -2.08. The lowest BCUT2D eigenvalue weighted by atomic mass is 9.95. The molecule has 0 amide bonds. The summed E-state index contributed by atoms with van der Waals surface area (Å²) in [6, 6.07) is 12.7. The van der Waals surface area contributed by atoms with Crippen molar-refractivity contribution in [3.8, 4) is 0 Å². The molecular formula is C19H16Cl2N2O. The first kappa shape index (κ1) is 16.7. The lowest BCUT2D eigenvalue weighted by Gasteiger charge is -2.11. The molecule has 1 aliphatic heterocycles. The van der Waals surface area contributed by atoms with E-state index in [0.717, 1.165) is 5.56 Å². The maximum atomic E-state index is 12.7. The molecule has 2 aromatic carbocycles. The summed E-state index contributed by atoms with van der Waals surface area (Å²) in [7, 11) is 3.80. The Kier molecular flexibility index (Phi) is 4.74. The van der Waals surface area contributed by atoms with Crippen molar-refractivity contribution in [2.45, 2.75) is 6.42 Å². The molecule has 24 heavy (non-hydrogen) atoms. The predicted octanol–water partition coefficient (Wildman–Crippen LogP) is 4.82. The molecule has 1 heterocycles. The van der Waals surface area contributed by atoms with E-state index in [4.69, 9.17) is 28.2 Å². The van der Waals surface area contributed by atoms with Crippen LogP contribution in [0.15, 0.2) is 59.4 Å². The zero-order valence-corrected chi connectivity index (χ0v) is 14.9. The number of hydrogen-bond acceptors (Lipinski definition) is 3. The van der Waals surface area contributed by atoms with Gasteiger partial charge in [0.2, 0.25) is 0 Å². The molecular weight excluding hydrogens is 343 g/mol. The van der Waals surface area contributed by atoms with Gasteiger partial charge in [-0.05, 0) is 24.3 Å². The molecule has 122 valence electrons. The number of carbonyl (C=O) groups is 1. The molecule has 0 saturated carbocycles. The van der Waals surface area contributed by atoms with Gasteiger partial charge >= 0.3 is 0 Å². The van der Waals surface area contributed by atoms with Crippen molar-refractivity contribution in [2.24, 2.45) is 4.99 Å². The summed E-state index contributed by atoms with van der Waals surface area (Å²) >= 11 is 12.5. The monoisotopic (exact) mass is 358 g/mol. The molecule has 3 nitrogen and oxygen atoms in total. The minimum absolute atomic E-state index is 0.0144. The predicted molar refractivity (Wildman–Crippen MR) is 99.3 cm³/mol. The van der Waals surface area contributed by atoms with Crippen molar-refractivity contribution in [1.82, 2.24) is 4.90 Å². The molecule has 0 saturated heterocycles. The van der Waals surface area contributed by atoms with E-state index in [1.165, 1.54) is 0 Å². The first-order chi connectivity index (χ1) is 11.5. The number of hydrogen-bond donors (Lipinski definition) is 0. The number of Topliss-reactive ketones (excluding diaryl/α,β-unsaturated/α-hetero) is 1. The van der Waals surface area contributed by atoms with E-state index in [1.54, 1.807) is 18.2 Å². The van der Waals surface area contributed by atoms with Gasteiger partial charge in [0.05, 0.1) is 17.8 Å². The Labute approximate surface area is 151 Å². The molecule has 0 aliphatic carbocycles. The summed E-state index contributed by atoms with van der Waals surface area (Å²) in [5.74, 6) is 0.0144. The highest BCUT2D eigenvalue weighted by atomic mass is 35.5. The molecule has 5 heteroatoms. The molecule has 3 rings (SSSR count). The number of carbonyl (C=O) groups excluding carboxylic acids is 1. The van der Waals surface area contributed by atoms with E-state index >= 15 is 0 Å². The fourth-order valence-corrected chi connectivity index (χ4v) is 3.09. The molecule has 0 N–H and O–H groups in total. The molecule has 1 aliphatic rings. The average Bonchev–Trinajstić information content (AvgIpc) is 2.64. The molecule has 0 aromatic heterocycles. The van der Waals surface area contributed by atoms with Crippen LogP contribution in [-0.4, -0.2) is 30.5 Å². The van der Waals surface area contributed by atoms with Gasteiger partial charge in [-0.25, -0.2) is 0 Å². The lowest BCUT2D eigenvalue weighted by molar-refractivity contribution is 0.0993. The van der Waals surface area contributed by atoms with Crippen LogP contribution < -0.4 is 0 Å². The Morgan fingerprint density at radius 1 is 1.04 bits per heavy atom. The first-order valence-corrected chi connectivity index (χ1v) is 8.25. The van der Waals surface area contributed by atoms with E-state index < -0.39 is 0 Å². The van der Waals surface area contributed by atoms with Gasteiger partial charge in [0.1, 0.15) is 0 Å². The summed E-state index contributed by atoms with van der Waals surface area (Å²) in [5.41, 5.74) is 3.45. The number of fused-ring (bicyclic) bond motifs is 1. The molecule has 0 spiro atoms. The topological polar surface area (TPSA) is 32.7 Å². The molecule has 0 bridgehead atoms. The van der Waals surface area contributed by atoms with Gasteiger partial charge < -0.3 is 4.90 Å². The van der Waals surface area contributed by atoms with E-state index in [1.807, 2.05) is 49.5 Å². The highest BCUT2D eigenvalue weighted by molar-refractivity contribution is 6.37. The normalized spacial score (nSPS) is 15.8. The summed E-state index contributed by atoms with van der Waals surface area (Å²) in [6.45, 7) is 0. The minimum Gasteiger partial charge on any atom is -0.382 e. The van der Waals surface area contributed by atoms with Crippen LogP contribution >= 0.6 is 23.2 Å². The van der Waals surface area contributed by atoms with Crippen molar-refractivity contribution in [3.63, 3.8) is 0 Å². The fourth-order valence-electron chi connectivity index (χ4n) is 2.69. The molecule has 0 radical (unpaired) electrons. The van der Waals surface area contributed by atoms with Crippen molar-refractivity contribution in [1.29, 1.82) is 0 Å². The summed E-state index contributed by atoms with van der Waals surface area (Å²) < 4.78 is 0. The molecule has 0 unspecified atom stereocenters. The van der Waals surface area contributed by atoms with Gasteiger partial charge in [0, 0.05) is 47.0 Å². The maximum Gasteiger partial charge on any atom is 0.169 e. The second-order valence-corrected chi connectivity index (χ2v) is 6.66. The first-order valence-electron chi connectivity index (χ1n) is 7.49. The Morgan fingerprint density at radius 3 is 2.50 bits per heavy atom. The van der Waals surface area contributed by atoms with E-state index in [2.05, 4.69) is 0 Å². The zero-order chi connectivity index (χ0) is 17.3. The Bertz CT molecular complexity index is 869. The smallest absolute Gasteiger partial charge is 0.169 e. The average molecular weight is 359 g/mol. The number of rotatable bonds is 2. The Balaban J connectivity index is 2.29. The number of nitrogens with zero attached hydrogens (tertiary/aromatic N) is 2. The van der Waals surface area contributed by atoms with Crippen molar-refractivity contribution in [3.05, 3.63) is 81.1 Å². The fraction of sp³-hybridized carbons (Fsp3) is 0.158. The van der Waals surface area contributed by atoms with Gasteiger partial charge in [-0.2, -0.15) is 0 Å². The minimum atomic E-state index is 0.0144. The largest absolute Gasteiger partial charge is 0.382 e. The number of halogens is 2. The molecule has 2 aromatic rings. The van der Waals surface area contributed by atoms with Crippen molar-refractivity contribution >= 4 is 34.7 Å². The van der Waals surface area contributed by atoms with Crippen LogP contribution in [0.1, 0.15) is 27.9 Å². The van der Waals surface area contributed by atoms with Gasteiger partial charge in [-0.3, -0.25) is 9.79 Å². The maximum absolute atomic E-state index is 12.7. The SMILES string of the molecule is CN(C)C=C1CC(=O)c2ccc(Cl)cc2C(c2ccccc2Cl)=N1. The van der Waals surface area contributed by atoms with Gasteiger partial charge in [0.25, 0.3) is 0 Å². The van der Waals surface area contributed by atoms with Crippen LogP contribution in [0.4, 0.5) is 0 Å². The second-order valence-electron chi connectivity index (χ2n) is 5.81. The Hall–Kier alpha value is -2.10. The molecule has 0 fully saturated rings. The Morgan fingerprint density at radius 2 is 1.79 bits per heavy atom. The quantitative estimate of drug-likeness (QED) is 0.770. The van der Waals surface area contributed by atoms with Crippen LogP contribution in [-0.2, 0) is 0 Å². The van der Waals surface area contributed by atoms with Crippen molar-refractivity contribution in [2.75, 3.05) is 14.1 Å². The highest BCUT2D eigenvalue weighted by Crippen LogP contribution is 2.29. The number of allylic oxidation sites excluding steroid dienone is 1. The summed E-state index contributed by atoms with van der Waals surface area (Å²) in [5, 5.41) is 1.14. The standard InChI is InChI=1S/C19H16Cl2N2O/c1-23(2)11-13-10-18(24)14-8-7-12(20)9-16(14)19(22-13)15-5-3-4-6-17(15)21/h3-9,11H,10H2,1-2H3. The van der Waals surface area contributed by atoms with Crippen LogP contribution in [0.2, 0.25) is 10.0 Å². The van der Waals surface area contributed by atoms with E-state index in [0.29, 0.717) is 32.6 Å². The molecule has 0 atom stereocenters. The van der Waals surface area contributed by atoms with E-state index in [9.17, 15) is 4.79 Å². The second kappa shape index (κ2) is 6.80. The van der Waals surface area contributed by atoms with E-state index in [-0.39, 0.29) is 12.2 Å². The van der Waals surface area contributed by atoms with Crippen molar-refractivity contribution < 1.29 is 4.79 Å². The zero-order valence-electron chi connectivity index (χ0n) is 13.4. The summed E-state index contributed by atoms with van der Waals surface area (Å²) in [6.07, 6.45) is 2.09. The number of ketones is 1. The third-order valence-electron chi connectivity index (χ3n) is 3.67. The third kappa shape index (κ3) is 3.37. The third-order valence-corrected chi connectivity index (χ3v) is 4.24. The highest BCUT2D eigenvalue weighted by Gasteiger charge is 2.23.